The number of carbonyl (C=O) groups excluding carboxylic acids is 1. The SMILES string of the molecule is Cc1nn(CC(=O)NCCc2ccccc2)c(=O)n1-c1ccc2c(c1)OCO2. The van der Waals surface area contributed by atoms with Gasteiger partial charge < -0.3 is 14.8 Å². The van der Waals surface area contributed by atoms with E-state index in [-0.39, 0.29) is 24.9 Å². The Balaban J connectivity index is 1.44. The zero-order chi connectivity index (χ0) is 19.5. The zero-order valence-electron chi connectivity index (χ0n) is 15.4. The molecule has 4 rings (SSSR count). The van der Waals surface area contributed by atoms with E-state index in [1.165, 1.54) is 4.57 Å². The van der Waals surface area contributed by atoms with Crippen LogP contribution in [0.15, 0.2) is 53.3 Å². The molecule has 144 valence electrons. The molecule has 0 saturated carbocycles. The highest BCUT2D eigenvalue weighted by molar-refractivity contribution is 5.75. The first-order valence-electron chi connectivity index (χ1n) is 8.99. The number of aryl methyl sites for hydroxylation is 1. The van der Waals surface area contributed by atoms with E-state index in [4.69, 9.17) is 9.47 Å². The summed E-state index contributed by atoms with van der Waals surface area (Å²) in [5.74, 6) is 1.45. The van der Waals surface area contributed by atoms with Crippen LogP contribution in [0, 0.1) is 6.92 Å². The smallest absolute Gasteiger partial charge is 0.351 e. The van der Waals surface area contributed by atoms with E-state index in [0.29, 0.717) is 29.6 Å². The summed E-state index contributed by atoms with van der Waals surface area (Å²) in [5, 5.41) is 7.05. The van der Waals surface area contributed by atoms with Crippen molar-refractivity contribution in [3.8, 4) is 17.2 Å². The van der Waals surface area contributed by atoms with E-state index in [2.05, 4.69) is 10.4 Å². The van der Waals surface area contributed by atoms with Gasteiger partial charge in [0, 0.05) is 12.6 Å². The van der Waals surface area contributed by atoms with Crippen LogP contribution in [0.5, 0.6) is 11.5 Å². The van der Waals surface area contributed by atoms with E-state index in [9.17, 15) is 9.59 Å². The third kappa shape index (κ3) is 3.62. The predicted octanol–water partition coefficient (Wildman–Crippen LogP) is 1.43. The number of aromatic nitrogens is 3. The lowest BCUT2D eigenvalue weighted by Gasteiger charge is -2.05. The first-order chi connectivity index (χ1) is 13.6. The molecule has 1 aliphatic rings. The maximum atomic E-state index is 12.7. The second-order valence-electron chi connectivity index (χ2n) is 6.45. The molecule has 1 aromatic heterocycles. The normalized spacial score (nSPS) is 12.2. The Morgan fingerprint density at radius 3 is 2.75 bits per heavy atom. The maximum absolute atomic E-state index is 12.7. The number of fused-ring (bicyclic) bond motifs is 1. The fraction of sp³-hybridized carbons (Fsp3) is 0.250. The van der Waals surface area contributed by atoms with Gasteiger partial charge in [0.25, 0.3) is 0 Å². The van der Waals surface area contributed by atoms with Gasteiger partial charge in [-0.1, -0.05) is 30.3 Å². The summed E-state index contributed by atoms with van der Waals surface area (Å²) in [6.07, 6.45) is 0.728. The molecule has 1 amide bonds. The number of nitrogens with zero attached hydrogens (tertiary/aromatic N) is 3. The summed E-state index contributed by atoms with van der Waals surface area (Å²) in [6.45, 7) is 2.25. The predicted molar refractivity (Wildman–Crippen MR) is 102 cm³/mol. The number of nitrogens with one attached hydrogen (secondary N) is 1. The molecule has 1 aliphatic heterocycles. The first kappa shape index (κ1) is 17.8. The summed E-state index contributed by atoms with van der Waals surface area (Å²) < 4.78 is 13.3. The molecule has 0 aliphatic carbocycles. The van der Waals surface area contributed by atoms with Crippen LogP contribution in [0.25, 0.3) is 5.69 Å². The molecule has 0 atom stereocenters. The second kappa shape index (κ2) is 7.59. The van der Waals surface area contributed by atoms with Crippen LogP contribution in [-0.4, -0.2) is 33.6 Å². The van der Waals surface area contributed by atoms with Crippen molar-refractivity contribution in [2.75, 3.05) is 13.3 Å². The molecular weight excluding hydrogens is 360 g/mol. The van der Waals surface area contributed by atoms with Crippen LogP contribution in [0.4, 0.5) is 0 Å². The third-order valence-corrected chi connectivity index (χ3v) is 4.49. The van der Waals surface area contributed by atoms with Gasteiger partial charge in [-0.2, -0.15) is 5.10 Å². The third-order valence-electron chi connectivity index (χ3n) is 4.49. The molecule has 0 radical (unpaired) electrons. The Bertz CT molecular complexity index is 1060. The summed E-state index contributed by atoms with van der Waals surface area (Å²) in [4.78, 5) is 24.9. The summed E-state index contributed by atoms with van der Waals surface area (Å²) in [7, 11) is 0. The summed E-state index contributed by atoms with van der Waals surface area (Å²) in [5.41, 5.74) is 1.37. The molecule has 8 heteroatoms. The molecule has 0 fully saturated rings. The summed E-state index contributed by atoms with van der Waals surface area (Å²) >= 11 is 0. The van der Waals surface area contributed by atoms with Crippen molar-refractivity contribution in [2.24, 2.45) is 0 Å². The number of ether oxygens (including phenoxy) is 2. The van der Waals surface area contributed by atoms with Gasteiger partial charge in [-0.15, -0.1) is 0 Å². The molecule has 8 nitrogen and oxygen atoms in total. The van der Waals surface area contributed by atoms with Crippen molar-refractivity contribution >= 4 is 5.91 Å². The van der Waals surface area contributed by atoms with Crippen LogP contribution in [0.1, 0.15) is 11.4 Å². The Kier molecular flexibility index (Phi) is 4.84. The second-order valence-corrected chi connectivity index (χ2v) is 6.45. The van der Waals surface area contributed by atoms with Gasteiger partial charge in [-0.3, -0.25) is 4.79 Å². The van der Waals surface area contributed by atoms with Gasteiger partial charge in [-0.25, -0.2) is 14.0 Å². The molecule has 3 aromatic rings. The number of amides is 1. The van der Waals surface area contributed by atoms with E-state index < -0.39 is 0 Å². The average Bonchev–Trinajstić information content (AvgIpc) is 3.26. The van der Waals surface area contributed by atoms with Crippen LogP contribution in [0.3, 0.4) is 0 Å². The van der Waals surface area contributed by atoms with E-state index in [1.54, 1.807) is 25.1 Å². The Morgan fingerprint density at radius 2 is 1.93 bits per heavy atom. The number of carbonyl (C=O) groups is 1. The van der Waals surface area contributed by atoms with Gasteiger partial charge in [0.05, 0.1) is 5.69 Å². The average molecular weight is 380 g/mol. The lowest BCUT2D eigenvalue weighted by atomic mass is 10.1. The van der Waals surface area contributed by atoms with E-state index in [1.807, 2.05) is 30.3 Å². The fourth-order valence-corrected chi connectivity index (χ4v) is 3.12. The van der Waals surface area contributed by atoms with Crippen molar-refractivity contribution in [1.29, 1.82) is 0 Å². The standard InChI is InChI=1S/C20H20N4O4/c1-14-22-23(12-19(25)21-10-9-15-5-3-2-4-6-15)20(26)24(14)16-7-8-17-18(11-16)28-13-27-17/h2-8,11H,9-10,12-13H2,1H3,(H,21,25). The maximum Gasteiger partial charge on any atom is 0.351 e. The first-order valence-corrected chi connectivity index (χ1v) is 8.99. The van der Waals surface area contributed by atoms with Gasteiger partial charge in [-0.05, 0) is 31.0 Å². The highest BCUT2D eigenvalue weighted by atomic mass is 16.7. The van der Waals surface area contributed by atoms with Crippen LogP contribution in [-0.2, 0) is 17.8 Å². The van der Waals surface area contributed by atoms with Crippen LogP contribution >= 0.6 is 0 Å². The summed E-state index contributed by atoms with van der Waals surface area (Å²) in [6, 6.07) is 15.1. The van der Waals surface area contributed by atoms with Crippen molar-refractivity contribution < 1.29 is 14.3 Å². The Hall–Kier alpha value is -3.55. The van der Waals surface area contributed by atoms with E-state index >= 15 is 0 Å². The van der Waals surface area contributed by atoms with Crippen LogP contribution in [0.2, 0.25) is 0 Å². The minimum absolute atomic E-state index is 0.133. The van der Waals surface area contributed by atoms with Gasteiger partial charge in [0.2, 0.25) is 12.7 Å². The molecule has 28 heavy (non-hydrogen) atoms. The molecule has 0 bridgehead atoms. The van der Waals surface area contributed by atoms with Gasteiger partial charge in [0.1, 0.15) is 12.4 Å². The Labute approximate surface area is 161 Å². The Morgan fingerprint density at radius 1 is 1.14 bits per heavy atom. The van der Waals surface area contributed by atoms with Gasteiger partial charge >= 0.3 is 5.69 Å². The van der Waals surface area contributed by atoms with Gasteiger partial charge in [0.15, 0.2) is 11.5 Å². The molecule has 0 saturated heterocycles. The highest BCUT2D eigenvalue weighted by Gasteiger charge is 2.18. The van der Waals surface area contributed by atoms with E-state index in [0.717, 1.165) is 16.7 Å². The fourth-order valence-electron chi connectivity index (χ4n) is 3.12. The minimum Gasteiger partial charge on any atom is -0.454 e. The quantitative estimate of drug-likeness (QED) is 0.699. The van der Waals surface area contributed by atoms with Crippen molar-refractivity contribution in [3.05, 3.63) is 70.4 Å². The van der Waals surface area contributed by atoms with Crippen LogP contribution < -0.4 is 20.5 Å². The molecule has 1 N–H and O–H groups in total. The number of benzene rings is 2. The molecular formula is C20H20N4O4. The van der Waals surface area contributed by atoms with Crippen molar-refractivity contribution in [2.45, 2.75) is 19.9 Å². The lowest BCUT2D eigenvalue weighted by Crippen LogP contribution is -2.34. The topological polar surface area (TPSA) is 87.4 Å². The highest BCUT2D eigenvalue weighted by Crippen LogP contribution is 2.33. The number of hydrogen-bond donors (Lipinski definition) is 1. The number of rotatable bonds is 6. The van der Waals surface area contributed by atoms with Crippen molar-refractivity contribution in [1.82, 2.24) is 19.7 Å². The molecule has 0 unspecified atom stereocenters. The van der Waals surface area contributed by atoms with Crippen molar-refractivity contribution in [3.63, 3.8) is 0 Å². The monoisotopic (exact) mass is 380 g/mol. The lowest BCUT2D eigenvalue weighted by molar-refractivity contribution is -0.121. The number of hydrogen-bond acceptors (Lipinski definition) is 5. The zero-order valence-corrected chi connectivity index (χ0v) is 15.4. The molecule has 0 spiro atoms. The molecule has 2 heterocycles. The molecule has 2 aromatic carbocycles. The minimum atomic E-state index is -0.380. The largest absolute Gasteiger partial charge is 0.454 e.